The predicted octanol–water partition coefficient (Wildman–Crippen LogP) is 5.53. The third-order valence-electron chi connectivity index (χ3n) is 2.90. The van der Waals surface area contributed by atoms with Gasteiger partial charge in [0.2, 0.25) is 0 Å². The number of halogens is 1. The van der Waals surface area contributed by atoms with Crippen molar-refractivity contribution in [2.45, 2.75) is 6.92 Å². The molecule has 0 N–H and O–H groups in total. The fourth-order valence-electron chi connectivity index (χ4n) is 1.96. The third kappa shape index (κ3) is 1.97. The van der Waals surface area contributed by atoms with Gasteiger partial charge in [0, 0.05) is 20.7 Å². The molecule has 0 radical (unpaired) electrons. The second kappa shape index (κ2) is 4.17. The van der Waals surface area contributed by atoms with Crippen LogP contribution < -0.4 is 0 Å². The van der Waals surface area contributed by atoms with Crippen molar-refractivity contribution in [1.82, 2.24) is 0 Å². The molecule has 0 aliphatic heterocycles. The fourth-order valence-corrected chi connectivity index (χ4v) is 3.08. The largest absolute Gasteiger partial charge is 0.143 e. The van der Waals surface area contributed by atoms with Crippen molar-refractivity contribution in [3.8, 4) is 11.1 Å². The lowest BCUT2D eigenvalue weighted by Crippen LogP contribution is -1.76. The molecule has 0 nitrogen and oxygen atoms in total. The SMILES string of the molecule is Cc1ccc(-c2csc3ccc(Cl)cc23)cc1. The number of aryl methyl sites for hydroxylation is 1. The summed E-state index contributed by atoms with van der Waals surface area (Å²) in [4.78, 5) is 0. The smallest absolute Gasteiger partial charge is 0.0413 e. The molecule has 3 aromatic rings. The summed E-state index contributed by atoms with van der Waals surface area (Å²) in [5, 5.41) is 4.24. The number of thiophene rings is 1. The first kappa shape index (κ1) is 10.8. The van der Waals surface area contributed by atoms with E-state index in [-0.39, 0.29) is 0 Å². The molecular formula is C15H11ClS. The van der Waals surface area contributed by atoms with E-state index in [0.717, 1.165) is 5.02 Å². The van der Waals surface area contributed by atoms with Crippen LogP contribution in [0.2, 0.25) is 5.02 Å². The van der Waals surface area contributed by atoms with Gasteiger partial charge in [0.1, 0.15) is 0 Å². The maximum absolute atomic E-state index is 6.06. The Bertz CT molecular complexity index is 665. The number of benzene rings is 2. The van der Waals surface area contributed by atoms with Crippen LogP contribution in [0.5, 0.6) is 0 Å². The number of hydrogen-bond acceptors (Lipinski definition) is 1. The van der Waals surface area contributed by atoms with Crippen LogP contribution in [0.1, 0.15) is 5.56 Å². The summed E-state index contributed by atoms with van der Waals surface area (Å²) in [7, 11) is 0. The van der Waals surface area contributed by atoms with Crippen molar-refractivity contribution < 1.29 is 0 Å². The van der Waals surface area contributed by atoms with E-state index in [1.54, 1.807) is 11.3 Å². The molecule has 0 amide bonds. The van der Waals surface area contributed by atoms with Gasteiger partial charge in [0.25, 0.3) is 0 Å². The summed E-state index contributed by atoms with van der Waals surface area (Å²) in [6.07, 6.45) is 0. The Morgan fingerprint density at radius 2 is 1.76 bits per heavy atom. The lowest BCUT2D eigenvalue weighted by molar-refractivity contribution is 1.47. The van der Waals surface area contributed by atoms with Gasteiger partial charge in [0.05, 0.1) is 0 Å². The lowest BCUT2D eigenvalue weighted by Gasteiger charge is -2.01. The average molecular weight is 259 g/mol. The first-order chi connectivity index (χ1) is 8.24. The highest BCUT2D eigenvalue weighted by Crippen LogP contribution is 2.35. The first-order valence-electron chi connectivity index (χ1n) is 5.48. The number of fused-ring (bicyclic) bond motifs is 1. The van der Waals surface area contributed by atoms with Crippen LogP contribution in [0.25, 0.3) is 21.2 Å². The van der Waals surface area contributed by atoms with Crippen molar-refractivity contribution in [3.63, 3.8) is 0 Å². The van der Waals surface area contributed by atoms with Crippen LogP contribution in [-0.4, -0.2) is 0 Å². The minimum Gasteiger partial charge on any atom is -0.143 e. The van der Waals surface area contributed by atoms with Crippen LogP contribution in [0.3, 0.4) is 0 Å². The standard InChI is InChI=1S/C15H11ClS/c1-10-2-4-11(5-3-10)14-9-17-15-7-6-12(16)8-13(14)15/h2-9H,1H3. The lowest BCUT2D eigenvalue weighted by atomic mass is 10.0. The molecule has 2 aromatic carbocycles. The molecule has 0 bridgehead atoms. The van der Waals surface area contributed by atoms with E-state index in [0.29, 0.717) is 0 Å². The van der Waals surface area contributed by atoms with Crippen molar-refractivity contribution in [2.75, 3.05) is 0 Å². The van der Waals surface area contributed by atoms with E-state index in [9.17, 15) is 0 Å². The van der Waals surface area contributed by atoms with Crippen LogP contribution in [0, 0.1) is 6.92 Å². The summed E-state index contributed by atoms with van der Waals surface area (Å²) >= 11 is 7.83. The maximum atomic E-state index is 6.06. The minimum atomic E-state index is 0.796. The summed E-state index contributed by atoms with van der Waals surface area (Å²) in [5.74, 6) is 0. The fraction of sp³-hybridized carbons (Fsp3) is 0.0667. The van der Waals surface area contributed by atoms with Gasteiger partial charge in [-0.15, -0.1) is 11.3 Å². The van der Waals surface area contributed by atoms with Gasteiger partial charge in [0.15, 0.2) is 0 Å². The van der Waals surface area contributed by atoms with Crippen molar-refractivity contribution in [2.24, 2.45) is 0 Å². The second-order valence-electron chi connectivity index (χ2n) is 4.16. The molecule has 2 heteroatoms. The number of rotatable bonds is 1. The molecule has 0 fully saturated rings. The Morgan fingerprint density at radius 3 is 2.53 bits per heavy atom. The highest BCUT2D eigenvalue weighted by Gasteiger charge is 2.06. The molecule has 0 aliphatic rings. The molecule has 0 saturated heterocycles. The van der Waals surface area contributed by atoms with Crippen LogP contribution >= 0.6 is 22.9 Å². The van der Waals surface area contributed by atoms with Crippen molar-refractivity contribution >= 4 is 33.0 Å². The average Bonchev–Trinajstić information content (AvgIpc) is 2.73. The Morgan fingerprint density at radius 1 is 1.00 bits per heavy atom. The molecule has 0 aliphatic carbocycles. The summed E-state index contributed by atoms with van der Waals surface area (Å²) in [6, 6.07) is 14.7. The van der Waals surface area contributed by atoms with E-state index in [4.69, 9.17) is 11.6 Å². The van der Waals surface area contributed by atoms with E-state index in [2.05, 4.69) is 42.6 Å². The quantitative estimate of drug-likeness (QED) is 0.538. The normalized spacial score (nSPS) is 10.9. The van der Waals surface area contributed by atoms with Crippen LogP contribution in [-0.2, 0) is 0 Å². The summed E-state index contributed by atoms with van der Waals surface area (Å²) < 4.78 is 1.28. The van der Waals surface area contributed by atoms with E-state index in [1.807, 2.05) is 12.1 Å². The third-order valence-corrected chi connectivity index (χ3v) is 4.10. The van der Waals surface area contributed by atoms with Crippen LogP contribution in [0.4, 0.5) is 0 Å². The Hall–Kier alpha value is -1.31. The van der Waals surface area contributed by atoms with Gasteiger partial charge in [-0.1, -0.05) is 41.4 Å². The molecular weight excluding hydrogens is 248 g/mol. The van der Waals surface area contributed by atoms with Crippen molar-refractivity contribution in [1.29, 1.82) is 0 Å². The Labute approximate surface area is 109 Å². The summed E-state index contributed by atoms with van der Waals surface area (Å²) in [6.45, 7) is 2.10. The molecule has 1 aromatic heterocycles. The Kier molecular flexibility index (Phi) is 2.65. The molecule has 1 heterocycles. The monoisotopic (exact) mass is 258 g/mol. The molecule has 17 heavy (non-hydrogen) atoms. The molecule has 0 spiro atoms. The van der Waals surface area contributed by atoms with E-state index in [1.165, 1.54) is 26.8 Å². The van der Waals surface area contributed by atoms with Crippen molar-refractivity contribution in [3.05, 3.63) is 58.4 Å². The highest BCUT2D eigenvalue weighted by atomic mass is 35.5. The molecule has 0 atom stereocenters. The maximum Gasteiger partial charge on any atom is 0.0413 e. The van der Waals surface area contributed by atoms with Gasteiger partial charge in [-0.3, -0.25) is 0 Å². The predicted molar refractivity (Wildman–Crippen MR) is 77.0 cm³/mol. The van der Waals surface area contributed by atoms with Gasteiger partial charge < -0.3 is 0 Å². The summed E-state index contributed by atoms with van der Waals surface area (Å²) in [5.41, 5.74) is 3.81. The molecule has 0 saturated carbocycles. The van der Waals surface area contributed by atoms with E-state index >= 15 is 0 Å². The Balaban J connectivity index is 2.23. The van der Waals surface area contributed by atoms with Gasteiger partial charge in [-0.05, 0) is 36.1 Å². The minimum absolute atomic E-state index is 0.796. The van der Waals surface area contributed by atoms with Gasteiger partial charge in [-0.25, -0.2) is 0 Å². The first-order valence-corrected chi connectivity index (χ1v) is 6.73. The molecule has 0 unspecified atom stereocenters. The zero-order chi connectivity index (χ0) is 11.8. The van der Waals surface area contributed by atoms with E-state index < -0.39 is 0 Å². The zero-order valence-corrected chi connectivity index (χ0v) is 11.0. The highest BCUT2D eigenvalue weighted by molar-refractivity contribution is 7.17. The number of hydrogen-bond donors (Lipinski definition) is 0. The second-order valence-corrected chi connectivity index (χ2v) is 5.50. The zero-order valence-electron chi connectivity index (χ0n) is 9.41. The van der Waals surface area contributed by atoms with Gasteiger partial charge >= 0.3 is 0 Å². The van der Waals surface area contributed by atoms with Crippen LogP contribution in [0.15, 0.2) is 47.8 Å². The van der Waals surface area contributed by atoms with Gasteiger partial charge in [-0.2, -0.15) is 0 Å². The topological polar surface area (TPSA) is 0 Å². The molecule has 3 rings (SSSR count). The molecule has 84 valence electrons.